The van der Waals surface area contributed by atoms with Crippen molar-refractivity contribution in [2.75, 3.05) is 0 Å². The van der Waals surface area contributed by atoms with E-state index in [1.807, 2.05) is 6.92 Å². The zero-order valence-electron chi connectivity index (χ0n) is 18.6. The van der Waals surface area contributed by atoms with Crippen LogP contribution in [0.3, 0.4) is 0 Å². The van der Waals surface area contributed by atoms with Gasteiger partial charge in [0.15, 0.2) is 11.6 Å². The van der Waals surface area contributed by atoms with Gasteiger partial charge in [0.25, 0.3) is 0 Å². The number of esters is 1. The van der Waals surface area contributed by atoms with Gasteiger partial charge >= 0.3 is 5.97 Å². The molecule has 166 valence electrons. The smallest absolute Gasteiger partial charge is 0.335 e. The lowest BCUT2D eigenvalue weighted by Crippen LogP contribution is -2.44. The molecule has 0 amide bonds. The van der Waals surface area contributed by atoms with Crippen LogP contribution in [-0.4, -0.2) is 5.97 Å². The third-order valence-electron chi connectivity index (χ3n) is 7.53. The Balaban J connectivity index is 1.66. The number of ether oxygens (including phenoxy) is 1. The lowest BCUT2D eigenvalue weighted by atomic mass is 9.51. The number of benzene rings is 1. The number of hydrogen-bond donors (Lipinski definition) is 0. The predicted octanol–water partition coefficient (Wildman–Crippen LogP) is 7.79. The normalized spacial score (nSPS) is 25.7. The van der Waals surface area contributed by atoms with Crippen molar-refractivity contribution in [1.82, 2.24) is 0 Å². The van der Waals surface area contributed by atoms with E-state index in [2.05, 4.69) is 6.92 Å². The average Bonchev–Trinajstić information content (AvgIpc) is 2.76. The summed E-state index contributed by atoms with van der Waals surface area (Å²) in [6.07, 6.45) is 17.5. The van der Waals surface area contributed by atoms with Gasteiger partial charge in [0.1, 0.15) is 0 Å². The van der Waals surface area contributed by atoms with E-state index in [4.69, 9.17) is 4.74 Å². The number of carbonyl (C=O) groups excluding carboxylic acids is 1. The standard InChI is InChI=1S/C26H36F2O2/c1-3-5-7-8-9-13-25-14-17-26(18-15-25,19-16-25)20-11-12-21(24(28)23(20)27)30-22(29)10-6-4-2/h6,10-12H,3-5,7-9,13-19H2,1-2H3/b10-6+. The summed E-state index contributed by atoms with van der Waals surface area (Å²) >= 11 is 0. The van der Waals surface area contributed by atoms with E-state index in [1.54, 1.807) is 12.1 Å². The van der Waals surface area contributed by atoms with E-state index >= 15 is 4.39 Å². The summed E-state index contributed by atoms with van der Waals surface area (Å²) in [6, 6.07) is 3.07. The van der Waals surface area contributed by atoms with Gasteiger partial charge in [0.2, 0.25) is 5.82 Å². The minimum atomic E-state index is -1.04. The molecule has 3 saturated carbocycles. The van der Waals surface area contributed by atoms with Gasteiger partial charge in [-0.15, -0.1) is 0 Å². The van der Waals surface area contributed by atoms with Crippen LogP contribution >= 0.6 is 0 Å². The average molecular weight is 419 g/mol. The number of rotatable bonds is 10. The molecule has 3 aliphatic rings. The van der Waals surface area contributed by atoms with Crippen LogP contribution in [0.4, 0.5) is 8.78 Å². The summed E-state index contributed by atoms with van der Waals surface area (Å²) < 4.78 is 34.7. The van der Waals surface area contributed by atoms with Crippen molar-refractivity contribution >= 4 is 5.97 Å². The summed E-state index contributed by atoms with van der Waals surface area (Å²) in [5, 5.41) is 0. The lowest BCUT2D eigenvalue weighted by molar-refractivity contribution is -0.129. The van der Waals surface area contributed by atoms with Crippen molar-refractivity contribution < 1.29 is 18.3 Å². The Hall–Kier alpha value is -1.71. The topological polar surface area (TPSA) is 26.3 Å². The SMILES string of the molecule is CC/C=C/C(=O)Oc1ccc(C23CCC(CCCCCCC)(CC2)CC3)c(F)c1F. The first-order chi connectivity index (χ1) is 14.5. The van der Waals surface area contributed by atoms with Gasteiger partial charge < -0.3 is 4.74 Å². The molecular formula is C26H36F2O2. The number of halogens is 2. The Morgan fingerprint density at radius 3 is 2.27 bits per heavy atom. The van der Waals surface area contributed by atoms with Gasteiger partial charge in [0.05, 0.1) is 0 Å². The van der Waals surface area contributed by atoms with Crippen molar-refractivity contribution in [2.45, 2.75) is 103 Å². The molecule has 0 spiro atoms. The maximum absolute atomic E-state index is 15.0. The summed E-state index contributed by atoms with van der Waals surface area (Å²) in [7, 11) is 0. The molecular weight excluding hydrogens is 382 g/mol. The van der Waals surface area contributed by atoms with Crippen LogP contribution in [0.1, 0.15) is 103 Å². The molecule has 4 rings (SSSR count). The molecule has 0 unspecified atom stereocenters. The van der Waals surface area contributed by atoms with Crippen molar-refractivity contribution in [3.05, 3.63) is 41.5 Å². The van der Waals surface area contributed by atoms with Crippen molar-refractivity contribution in [1.29, 1.82) is 0 Å². The second kappa shape index (κ2) is 10.1. The molecule has 0 N–H and O–H groups in total. The molecule has 0 radical (unpaired) electrons. The summed E-state index contributed by atoms with van der Waals surface area (Å²) in [4.78, 5) is 11.7. The highest BCUT2D eigenvalue weighted by Gasteiger charge is 2.50. The molecule has 3 aliphatic carbocycles. The van der Waals surface area contributed by atoms with Crippen molar-refractivity contribution in [3.8, 4) is 5.75 Å². The molecule has 2 nitrogen and oxygen atoms in total. The molecule has 0 saturated heterocycles. The molecule has 1 aromatic rings. The van der Waals surface area contributed by atoms with Gasteiger partial charge in [-0.2, -0.15) is 4.39 Å². The summed E-state index contributed by atoms with van der Waals surface area (Å²) in [5.41, 5.74) is 0.629. The number of hydrogen-bond acceptors (Lipinski definition) is 2. The molecule has 1 aromatic carbocycles. The fourth-order valence-corrected chi connectivity index (χ4v) is 5.52. The van der Waals surface area contributed by atoms with Crippen molar-refractivity contribution in [3.63, 3.8) is 0 Å². The third kappa shape index (κ3) is 4.95. The monoisotopic (exact) mass is 418 g/mol. The predicted molar refractivity (Wildman–Crippen MR) is 117 cm³/mol. The third-order valence-corrected chi connectivity index (χ3v) is 7.53. The second-order valence-electron chi connectivity index (χ2n) is 9.42. The minimum absolute atomic E-state index is 0.264. The maximum Gasteiger partial charge on any atom is 0.335 e. The van der Waals surface area contributed by atoms with E-state index in [9.17, 15) is 9.18 Å². The van der Waals surface area contributed by atoms with Crippen LogP contribution in [0.25, 0.3) is 0 Å². The van der Waals surface area contributed by atoms with E-state index in [1.165, 1.54) is 50.7 Å². The second-order valence-corrected chi connectivity index (χ2v) is 9.42. The van der Waals surface area contributed by atoms with Crippen LogP contribution in [0.5, 0.6) is 5.75 Å². The number of carbonyl (C=O) groups is 1. The summed E-state index contributed by atoms with van der Waals surface area (Å²) in [5.74, 6) is -2.89. The number of allylic oxidation sites excluding steroid dienone is 1. The first-order valence-corrected chi connectivity index (χ1v) is 11.8. The zero-order chi connectivity index (χ0) is 21.6. The van der Waals surface area contributed by atoms with E-state index in [-0.39, 0.29) is 11.2 Å². The summed E-state index contributed by atoms with van der Waals surface area (Å²) in [6.45, 7) is 4.12. The minimum Gasteiger partial charge on any atom is -0.420 e. The Kier molecular flexibility index (Phi) is 7.70. The van der Waals surface area contributed by atoms with Crippen LogP contribution < -0.4 is 4.74 Å². The highest BCUT2D eigenvalue weighted by Crippen LogP contribution is 2.60. The molecule has 0 atom stereocenters. The van der Waals surface area contributed by atoms with Crippen molar-refractivity contribution in [2.24, 2.45) is 5.41 Å². The van der Waals surface area contributed by atoms with Gasteiger partial charge in [-0.05, 0) is 73.8 Å². The molecule has 30 heavy (non-hydrogen) atoms. The first-order valence-electron chi connectivity index (χ1n) is 11.8. The van der Waals surface area contributed by atoms with E-state index < -0.39 is 17.6 Å². The molecule has 3 fully saturated rings. The lowest BCUT2D eigenvalue weighted by Gasteiger charge is -2.54. The van der Waals surface area contributed by atoms with E-state index in [0.29, 0.717) is 17.4 Å². The largest absolute Gasteiger partial charge is 0.420 e. The number of fused-ring (bicyclic) bond motifs is 3. The zero-order valence-corrected chi connectivity index (χ0v) is 18.6. The Morgan fingerprint density at radius 1 is 0.967 bits per heavy atom. The fourth-order valence-electron chi connectivity index (χ4n) is 5.52. The Bertz CT molecular complexity index is 744. The maximum atomic E-state index is 15.0. The molecule has 2 bridgehead atoms. The quantitative estimate of drug-likeness (QED) is 0.168. The molecule has 0 aliphatic heterocycles. The first kappa shape index (κ1) is 23.0. The van der Waals surface area contributed by atoms with Gasteiger partial charge in [-0.3, -0.25) is 0 Å². The molecule has 0 heterocycles. The van der Waals surface area contributed by atoms with Crippen LogP contribution in [0.15, 0.2) is 24.3 Å². The highest BCUT2D eigenvalue weighted by atomic mass is 19.2. The highest BCUT2D eigenvalue weighted by molar-refractivity contribution is 5.84. The number of unbranched alkanes of at least 4 members (excludes halogenated alkanes) is 4. The molecule has 0 aromatic heterocycles. The Morgan fingerprint density at radius 2 is 1.63 bits per heavy atom. The fraction of sp³-hybridized carbons (Fsp3) is 0.654. The van der Waals surface area contributed by atoms with Gasteiger partial charge in [-0.25, -0.2) is 9.18 Å². The van der Waals surface area contributed by atoms with E-state index in [0.717, 1.165) is 38.5 Å². The Labute approximate surface area is 180 Å². The van der Waals surface area contributed by atoms with Gasteiger partial charge in [-0.1, -0.05) is 58.1 Å². The van der Waals surface area contributed by atoms with Crippen LogP contribution in [0.2, 0.25) is 0 Å². The van der Waals surface area contributed by atoms with Crippen LogP contribution in [0, 0.1) is 17.0 Å². The van der Waals surface area contributed by atoms with Crippen LogP contribution in [-0.2, 0) is 10.2 Å². The van der Waals surface area contributed by atoms with Gasteiger partial charge in [0, 0.05) is 6.08 Å². The molecule has 4 heteroatoms.